The van der Waals surface area contributed by atoms with E-state index in [-0.39, 0.29) is 6.03 Å². The number of carbonyl (C=O) groups is 1. The van der Waals surface area contributed by atoms with E-state index < -0.39 is 0 Å². The van der Waals surface area contributed by atoms with Crippen LogP contribution in [0.1, 0.15) is 11.1 Å². The molecule has 0 aliphatic carbocycles. The van der Waals surface area contributed by atoms with Crippen LogP contribution in [0.4, 0.5) is 22.1 Å². The van der Waals surface area contributed by atoms with Gasteiger partial charge < -0.3 is 24.8 Å². The maximum absolute atomic E-state index is 12.7. The third-order valence-electron chi connectivity index (χ3n) is 5.49. The summed E-state index contributed by atoms with van der Waals surface area (Å²) in [5.41, 5.74) is 3.14. The zero-order valence-electron chi connectivity index (χ0n) is 17.1. The van der Waals surface area contributed by atoms with E-state index in [1.54, 1.807) is 6.33 Å². The van der Waals surface area contributed by atoms with E-state index >= 15 is 0 Å². The van der Waals surface area contributed by atoms with Crippen molar-refractivity contribution in [3.63, 3.8) is 0 Å². The van der Waals surface area contributed by atoms with Crippen molar-refractivity contribution in [2.75, 3.05) is 67.6 Å². The van der Waals surface area contributed by atoms with Gasteiger partial charge in [-0.05, 0) is 25.5 Å². The molecule has 0 unspecified atom stereocenters. The molecule has 1 aromatic carbocycles. The van der Waals surface area contributed by atoms with Gasteiger partial charge in [0.1, 0.15) is 18.0 Å². The topological polar surface area (TPSA) is 73.8 Å². The number of morpholine rings is 1. The number of hydrogen-bond acceptors (Lipinski definition) is 6. The highest BCUT2D eigenvalue weighted by atomic mass is 16.5. The van der Waals surface area contributed by atoms with Gasteiger partial charge in [-0.2, -0.15) is 0 Å². The largest absolute Gasteiger partial charge is 0.378 e. The van der Waals surface area contributed by atoms with Crippen LogP contribution in [-0.2, 0) is 4.74 Å². The standard InChI is InChI=1S/C21H28N6O2/c1-16-3-4-18(17(2)13-16)24-21(28)27-7-5-25(6-8-27)19-14-20(23-15-22-19)26-9-11-29-12-10-26/h3-4,13-15H,5-12H2,1-2H3,(H,24,28). The highest BCUT2D eigenvalue weighted by Crippen LogP contribution is 2.21. The number of anilines is 3. The molecule has 2 aromatic rings. The van der Waals surface area contributed by atoms with Gasteiger partial charge in [0.15, 0.2) is 0 Å². The maximum Gasteiger partial charge on any atom is 0.321 e. The molecule has 0 spiro atoms. The first kappa shape index (κ1) is 19.4. The molecule has 1 aromatic heterocycles. The number of amides is 2. The van der Waals surface area contributed by atoms with Gasteiger partial charge in [-0.25, -0.2) is 14.8 Å². The second-order valence-corrected chi connectivity index (χ2v) is 7.56. The number of piperazine rings is 1. The fourth-order valence-electron chi connectivity index (χ4n) is 3.76. The van der Waals surface area contributed by atoms with Gasteiger partial charge in [-0.15, -0.1) is 0 Å². The number of nitrogens with zero attached hydrogens (tertiary/aromatic N) is 5. The summed E-state index contributed by atoms with van der Waals surface area (Å²) in [7, 11) is 0. The molecule has 2 fully saturated rings. The van der Waals surface area contributed by atoms with Crippen LogP contribution in [0.25, 0.3) is 0 Å². The smallest absolute Gasteiger partial charge is 0.321 e. The lowest BCUT2D eigenvalue weighted by Crippen LogP contribution is -2.50. The van der Waals surface area contributed by atoms with Gasteiger partial charge in [0.05, 0.1) is 13.2 Å². The van der Waals surface area contributed by atoms with Crippen molar-refractivity contribution >= 4 is 23.4 Å². The molecule has 0 bridgehead atoms. The molecule has 2 saturated heterocycles. The number of carbonyl (C=O) groups excluding carboxylic acids is 1. The number of benzene rings is 1. The Bertz CT molecular complexity index is 860. The Hall–Kier alpha value is -2.87. The van der Waals surface area contributed by atoms with E-state index in [1.165, 1.54) is 5.56 Å². The SMILES string of the molecule is Cc1ccc(NC(=O)N2CCN(c3cc(N4CCOCC4)ncn3)CC2)c(C)c1. The van der Waals surface area contributed by atoms with Crippen LogP contribution >= 0.6 is 0 Å². The van der Waals surface area contributed by atoms with Gasteiger partial charge in [0.2, 0.25) is 0 Å². The van der Waals surface area contributed by atoms with Crippen LogP contribution in [-0.4, -0.2) is 73.4 Å². The molecule has 4 rings (SSSR count). The molecule has 0 atom stereocenters. The van der Waals surface area contributed by atoms with Crippen molar-refractivity contribution in [1.29, 1.82) is 0 Å². The molecule has 154 valence electrons. The van der Waals surface area contributed by atoms with Crippen molar-refractivity contribution in [1.82, 2.24) is 14.9 Å². The summed E-state index contributed by atoms with van der Waals surface area (Å²) < 4.78 is 5.42. The fourth-order valence-corrected chi connectivity index (χ4v) is 3.76. The lowest BCUT2D eigenvalue weighted by molar-refractivity contribution is 0.122. The average molecular weight is 396 g/mol. The highest BCUT2D eigenvalue weighted by molar-refractivity contribution is 5.90. The molecule has 0 saturated carbocycles. The Balaban J connectivity index is 1.35. The van der Waals surface area contributed by atoms with Crippen LogP contribution in [0.5, 0.6) is 0 Å². The van der Waals surface area contributed by atoms with Gasteiger partial charge in [-0.3, -0.25) is 0 Å². The predicted molar refractivity (Wildman–Crippen MR) is 114 cm³/mol. The predicted octanol–water partition coefficient (Wildman–Crippen LogP) is 2.28. The first-order valence-electron chi connectivity index (χ1n) is 10.1. The van der Waals surface area contributed by atoms with E-state index in [4.69, 9.17) is 4.74 Å². The fraction of sp³-hybridized carbons (Fsp3) is 0.476. The van der Waals surface area contributed by atoms with Crippen LogP contribution in [0.2, 0.25) is 0 Å². The van der Waals surface area contributed by atoms with Crippen molar-refractivity contribution in [2.45, 2.75) is 13.8 Å². The van der Waals surface area contributed by atoms with Crippen LogP contribution in [0.15, 0.2) is 30.6 Å². The Morgan fingerprint density at radius 1 is 0.931 bits per heavy atom. The van der Waals surface area contributed by atoms with E-state index in [0.29, 0.717) is 13.1 Å². The number of aryl methyl sites for hydroxylation is 2. The van der Waals surface area contributed by atoms with E-state index in [2.05, 4.69) is 38.1 Å². The lowest BCUT2D eigenvalue weighted by atomic mass is 10.1. The van der Waals surface area contributed by atoms with Crippen molar-refractivity contribution in [3.05, 3.63) is 41.7 Å². The van der Waals surface area contributed by atoms with Crippen LogP contribution in [0.3, 0.4) is 0 Å². The summed E-state index contributed by atoms with van der Waals surface area (Å²) in [6.45, 7) is 10.0. The van der Waals surface area contributed by atoms with Crippen LogP contribution in [0, 0.1) is 13.8 Å². The Morgan fingerprint density at radius 2 is 1.59 bits per heavy atom. The molecule has 3 heterocycles. The first-order valence-corrected chi connectivity index (χ1v) is 10.1. The number of hydrogen-bond donors (Lipinski definition) is 1. The number of aromatic nitrogens is 2. The number of ether oxygens (including phenoxy) is 1. The minimum Gasteiger partial charge on any atom is -0.378 e. The summed E-state index contributed by atoms with van der Waals surface area (Å²) in [5, 5.41) is 3.04. The van der Waals surface area contributed by atoms with E-state index in [0.717, 1.165) is 62.3 Å². The Morgan fingerprint density at radius 3 is 2.24 bits per heavy atom. The zero-order valence-corrected chi connectivity index (χ0v) is 17.1. The minimum absolute atomic E-state index is 0.0479. The summed E-state index contributed by atoms with van der Waals surface area (Å²) >= 11 is 0. The number of nitrogens with one attached hydrogen (secondary N) is 1. The minimum atomic E-state index is -0.0479. The normalized spacial score (nSPS) is 17.4. The Labute approximate surface area is 171 Å². The molecule has 1 N–H and O–H groups in total. The number of urea groups is 1. The van der Waals surface area contributed by atoms with Crippen LogP contribution < -0.4 is 15.1 Å². The van der Waals surface area contributed by atoms with E-state index in [1.807, 2.05) is 30.0 Å². The summed E-state index contributed by atoms with van der Waals surface area (Å²) in [5.74, 6) is 1.85. The molecular formula is C21H28N6O2. The van der Waals surface area contributed by atoms with Crippen molar-refractivity contribution in [3.8, 4) is 0 Å². The zero-order chi connectivity index (χ0) is 20.2. The molecule has 8 heteroatoms. The third kappa shape index (κ3) is 4.59. The summed E-state index contributed by atoms with van der Waals surface area (Å²) in [6.07, 6.45) is 1.62. The second-order valence-electron chi connectivity index (χ2n) is 7.56. The molecule has 29 heavy (non-hydrogen) atoms. The lowest BCUT2D eigenvalue weighted by Gasteiger charge is -2.36. The highest BCUT2D eigenvalue weighted by Gasteiger charge is 2.23. The molecule has 2 aliphatic heterocycles. The third-order valence-corrected chi connectivity index (χ3v) is 5.49. The Kier molecular flexibility index (Phi) is 5.80. The molecule has 2 amide bonds. The maximum atomic E-state index is 12.7. The van der Waals surface area contributed by atoms with E-state index in [9.17, 15) is 4.79 Å². The molecular weight excluding hydrogens is 368 g/mol. The molecule has 2 aliphatic rings. The monoisotopic (exact) mass is 396 g/mol. The molecule has 8 nitrogen and oxygen atoms in total. The summed E-state index contributed by atoms with van der Waals surface area (Å²) in [6, 6.07) is 8.05. The molecule has 0 radical (unpaired) electrons. The average Bonchev–Trinajstić information content (AvgIpc) is 2.76. The van der Waals surface area contributed by atoms with Gasteiger partial charge in [0, 0.05) is 51.0 Å². The summed E-state index contributed by atoms with van der Waals surface area (Å²) in [4.78, 5) is 27.8. The van der Waals surface area contributed by atoms with Crippen molar-refractivity contribution < 1.29 is 9.53 Å². The van der Waals surface area contributed by atoms with Gasteiger partial charge in [-0.1, -0.05) is 17.7 Å². The van der Waals surface area contributed by atoms with Gasteiger partial charge >= 0.3 is 6.03 Å². The first-order chi connectivity index (χ1) is 14.1. The second kappa shape index (κ2) is 8.65. The van der Waals surface area contributed by atoms with Gasteiger partial charge in [0.25, 0.3) is 0 Å². The number of rotatable bonds is 3. The quantitative estimate of drug-likeness (QED) is 0.858. The van der Waals surface area contributed by atoms with Crippen molar-refractivity contribution in [2.24, 2.45) is 0 Å².